The molecule has 0 unspecified atom stereocenters. The van der Waals surface area contributed by atoms with Crippen molar-refractivity contribution in [2.75, 3.05) is 0 Å². The molecule has 0 aromatic carbocycles. The first-order valence-electron chi connectivity index (χ1n) is 7.92. The molecule has 1 N–H and O–H groups in total. The number of carbonyl (C=O) groups is 1. The van der Waals surface area contributed by atoms with Gasteiger partial charge < -0.3 is 14.5 Å². The van der Waals surface area contributed by atoms with Gasteiger partial charge >= 0.3 is 0 Å². The van der Waals surface area contributed by atoms with E-state index in [2.05, 4.69) is 15.3 Å². The molecule has 2 aromatic rings. The van der Waals surface area contributed by atoms with E-state index in [4.69, 9.17) is 9.15 Å². The van der Waals surface area contributed by atoms with Crippen molar-refractivity contribution in [1.29, 1.82) is 0 Å². The Hall–Kier alpha value is -2.37. The number of ether oxygens (including phenoxy) is 1. The lowest BCUT2D eigenvalue weighted by atomic mass is 9.92. The molecule has 6 heteroatoms. The second-order valence-electron chi connectivity index (χ2n) is 5.94. The summed E-state index contributed by atoms with van der Waals surface area (Å²) >= 11 is 0. The van der Waals surface area contributed by atoms with Crippen LogP contribution in [0.4, 0.5) is 0 Å². The van der Waals surface area contributed by atoms with Crippen molar-refractivity contribution in [2.24, 2.45) is 0 Å². The van der Waals surface area contributed by atoms with Crippen molar-refractivity contribution in [2.45, 2.75) is 51.7 Å². The average Bonchev–Trinajstić information content (AvgIpc) is 2.89. The largest absolute Gasteiger partial charge is 0.473 e. The highest BCUT2D eigenvalue weighted by molar-refractivity contribution is 5.95. The molecule has 1 aliphatic rings. The van der Waals surface area contributed by atoms with Gasteiger partial charge in [0.05, 0.1) is 11.8 Å². The Labute approximate surface area is 135 Å². The number of hydrogen-bond donors (Lipinski definition) is 1. The van der Waals surface area contributed by atoms with Crippen molar-refractivity contribution in [3.63, 3.8) is 0 Å². The fourth-order valence-corrected chi connectivity index (χ4v) is 2.96. The number of carbonyl (C=O) groups excluding carboxylic acids is 1. The van der Waals surface area contributed by atoms with Crippen LogP contribution in [0.3, 0.4) is 0 Å². The van der Waals surface area contributed by atoms with E-state index < -0.39 is 0 Å². The Morgan fingerprint density at radius 1 is 1.26 bits per heavy atom. The van der Waals surface area contributed by atoms with Crippen LogP contribution >= 0.6 is 0 Å². The van der Waals surface area contributed by atoms with Crippen LogP contribution < -0.4 is 10.1 Å². The Kier molecular flexibility index (Phi) is 4.60. The molecule has 2 aromatic heterocycles. The molecule has 1 fully saturated rings. The van der Waals surface area contributed by atoms with Crippen LogP contribution in [0.15, 0.2) is 29.1 Å². The Morgan fingerprint density at radius 2 is 2.04 bits per heavy atom. The summed E-state index contributed by atoms with van der Waals surface area (Å²) in [7, 11) is 0. The molecule has 2 heterocycles. The Balaban J connectivity index is 1.49. The zero-order chi connectivity index (χ0) is 16.2. The van der Waals surface area contributed by atoms with Crippen LogP contribution in [0, 0.1) is 13.8 Å². The zero-order valence-electron chi connectivity index (χ0n) is 13.4. The van der Waals surface area contributed by atoms with E-state index in [-0.39, 0.29) is 18.1 Å². The van der Waals surface area contributed by atoms with Gasteiger partial charge in [-0.1, -0.05) is 0 Å². The van der Waals surface area contributed by atoms with Crippen LogP contribution in [0.25, 0.3) is 0 Å². The summed E-state index contributed by atoms with van der Waals surface area (Å²) in [4.78, 5) is 20.4. The molecule has 0 bridgehead atoms. The number of nitrogens with zero attached hydrogens (tertiary/aromatic N) is 2. The van der Waals surface area contributed by atoms with Gasteiger partial charge in [-0.15, -0.1) is 0 Å². The Bertz CT molecular complexity index is 661. The fraction of sp³-hybridized carbons (Fsp3) is 0.471. The minimum Gasteiger partial charge on any atom is -0.473 e. The topological polar surface area (TPSA) is 77.2 Å². The maximum Gasteiger partial charge on any atom is 0.255 e. The molecule has 1 aliphatic carbocycles. The van der Waals surface area contributed by atoms with Gasteiger partial charge in [0.25, 0.3) is 5.91 Å². The molecule has 1 amide bonds. The second kappa shape index (κ2) is 6.81. The van der Waals surface area contributed by atoms with Gasteiger partial charge in [0, 0.05) is 18.4 Å². The van der Waals surface area contributed by atoms with E-state index in [1.54, 1.807) is 24.7 Å². The van der Waals surface area contributed by atoms with Crippen molar-refractivity contribution < 1.29 is 13.9 Å². The van der Waals surface area contributed by atoms with E-state index in [9.17, 15) is 4.79 Å². The number of rotatable bonds is 4. The number of hydrogen-bond acceptors (Lipinski definition) is 5. The van der Waals surface area contributed by atoms with Crippen molar-refractivity contribution in [3.8, 4) is 5.88 Å². The third-order valence-electron chi connectivity index (χ3n) is 4.12. The lowest BCUT2D eigenvalue weighted by molar-refractivity contribution is 0.0888. The predicted octanol–water partition coefficient (Wildman–Crippen LogP) is 2.81. The molecule has 0 spiro atoms. The lowest BCUT2D eigenvalue weighted by Crippen LogP contribution is -2.39. The molecule has 0 atom stereocenters. The highest BCUT2D eigenvalue weighted by atomic mass is 16.5. The summed E-state index contributed by atoms with van der Waals surface area (Å²) in [6.07, 6.45) is 8.58. The summed E-state index contributed by atoms with van der Waals surface area (Å²) in [5.41, 5.74) is 0.625. The first kappa shape index (κ1) is 15.5. The number of amides is 1. The van der Waals surface area contributed by atoms with Crippen molar-refractivity contribution in [3.05, 3.63) is 41.7 Å². The monoisotopic (exact) mass is 315 g/mol. The van der Waals surface area contributed by atoms with Crippen molar-refractivity contribution >= 4 is 5.91 Å². The number of aromatic nitrogens is 2. The number of furan rings is 1. The van der Waals surface area contributed by atoms with Crippen LogP contribution in [0.2, 0.25) is 0 Å². The van der Waals surface area contributed by atoms with Gasteiger partial charge in [-0.25, -0.2) is 4.98 Å². The van der Waals surface area contributed by atoms with E-state index in [1.165, 1.54) is 0 Å². The first-order chi connectivity index (χ1) is 11.1. The molecule has 1 saturated carbocycles. The van der Waals surface area contributed by atoms with E-state index in [1.807, 2.05) is 13.8 Å². The Morgan fingerprint density at radius 3 is 2.65 bits per heavy atom. The highest BCUT2D eigenvalue weighted by Crippen LogP contribution is 2.23. The molecule has 122 valence electrons. The maximum atomic E-state index is 12.3. The maximum absolute atomic E-state index is 12.3. The van der Waals surface area contributed by atoms with Crippen LogP contribution in [-0.2, 0) is 0 Å². The summed E-state index contributed by atoms with van der Waals surface area (Å²) in [5, 5.41) is 3.09. The van der Waals surface area contributed by atoms with E-state index >= 15 is 0 Å². The second-order valence-corrected chi connectivity index (χ2v) is 5.94. The summed E-state index contributed by atoms with van der Waals surface area (Å²) in [6.45, 7) is 3.66. The van der Waals surface area contributed by atoms with Gasteiger partial charge in [0.1, 0.15) is 17.6 Å². The molecule has 6 nitrogen and oxygen atoms in total. The SMILES string of the molecule is Cc1cc(C(=O)NC2CCC(Oc3cnccn3)CC2)c(C)o1. The summed E-state index contributed by atoms with van der Waals surface area (Å²) < 4.78 is 11.2. The normalized spacial score (nSPS) is 21.0. The smallest absolute Gasteiger partial charge is 0.255 e. The molecular weight excluding hydrogens is 294 g/mol. The van der Waals surface area contributed by atoms with E-state index in [0.29, 0.717) is 17.2 Å². The van der Waals surface area contributed by atoms with Gasteiger partial charge in [0.2, 0.25) is 5.88 Å². The first-order valence-corrected chi connectivity index (χ1v) is 7.92. The molecule has 23 heavy (non-hydrogen) atoms. The van der Waals surface area contributed by atoms with Gasteiger partial charge in [-0.3, -0.25) is 9.78 Å². The predicted molar refractivity (Wildman–Crippen MR) is 84.4 cm³/mol. The molecule has 0 radical (unpaired) electrons. The quantitative estimate of drug-likeness (QED) is 0.938. The van der Waals surface area contributed by atoms with Crippen LogP contribution in [0.5, 0.6) is 5.88 Å². The van der Waals surface area contributed by atoms with Gasteiger partial charge in [0.15, 0.2) is 0 Å². The lowest BCUT2D eigenvalue weighted by Gasteiger charge is -2.29. The minimum absolute atomic E-state index is 0.0577. The van der Waals surface area contributed by atoms with Gasteiger partial charge in [-0.05, 0) is 45.6 Å². The number of aryl methyl sites for hydroxylation is 2. The fourth-order valence-electron chi connectivity index (χ4n) is 2.96. The molecule has 0 saturated heterocycles. The number of nitrogens with one attached hydrogen (secondary N) is 1. The highest BCUT2D eigenvalue weighted by Gasteiger charge is 2.25. The molecular formula is C17H21N3O3. The third-order valence-corrected chi connectivity index (χ3v) is 4.12. The van der Waals surface area contributed by atoms with Gasteiger partial charge in [-0.2, -0.15) is 0 Å². The van der Waals surface area contributed by atoms with Crippen molar-refractivity contribution in [1.82, 2.24) is 15.3 Å². The average molecular weight is 315 g/mol. The van der Waals surface area contributed by atoms with Crippen LogP contribution in [0.1, 0.15) is 47.6 Å². The minimum atomic E-state index is -0.0577. The standard InChI is InChI=1S/C17H21N3O3/c1-11-9-15(12(2)22-11)17(21)20-13-3-5-14(6-4-13)23-16-10-18-7-8-19-16/h7-10,13-14H,3-6H2,1-2H3,(H,20,21). The molecule has 3 rings (SSSR count). The zero-order valence-corrected chi connectivity index (χ0v) is 13.4. The van der Waals surface area contributed by atoms with E-state index in [0.717, 1.165) is 31.4 Å². The third kappa shape index (κ3) is 3.88. The summed E-state index contributed by atoms with van der Waals surface area (Å²) in [5.74, 6) is 1.93. The van der Waals surface area contributed by atoms with Crippen LogP contribution in [-0.4, -0.2) is 28.0 Å². The summed E-state index contributed by atoms with van der Waals surface area (Å²) in [6, 6.07) is 1.96. The molecule has 0 aliphatic heterocycles.